The largest absolute Gasteiger partial charge is 0.480 e. The Bertz CT molecular complexity index is 388. The van der Waals surface area contributed by atoms with E-state index in [0.717, 1.165) is 11.8 Å². The fraction of sp³-hybridized carbons (Fsp3) is 0.615. The highest BCUT2D eigenvalue weighted by molar-refractivity contribution is 8.00. The summed E-state index contributed by atoms with van der Waals surface area (Å²) < 4.78 is 0. The number of nitrogens with one attached hydrogen (secondary N) is 2. The molecule has 0 aliphatic heterocycles. The molecule has 7 heteroatoms. The van der Waals surface area contributed by atoms with E-state index >= 15 is 0 Å². The SMILES string of the molecule is C#CC(CC)(CC)NC(=O)CSCC(NC=O)C(=O)O. The molecule has 0 saturated heterocycles. The molecule has 0 aromatic rings. The van der Waals surface area contributed by atoms with Gasteiger partial charge in [0.2, 0.25) is 12.3 Å². The Balaban J connectivity index is 4.26. The van der Waals surface area contributed by atoms with Crippen LogP contribution < -0.4 is 10.6 Å². The highest BCUT2D eigenvalue weighted by atomic mass is 32.2. The summed E-state index contributed by atoms with van der Waals surface area (Å²) in [5, 5.41) is 13.8. The molecule has 112 valence electrons. The van der Waals surface area contributed by atoms with Crippen LogP contribution >= 0.6 is 11.8 Å². The summed E-state index contributed by atoms with van der Waals surface area (Å²) in [7, 11) is 0. The number of carboxylic acid groups (broad SMARTS) is 1. The van der Waals surface area contributed by atoms with Gasteiger partial charge >= 0.3 is 5.97 Å². The zero-order valence-electron chi connectivity index (χ0n) is 11.6. The van der Waals surface area contributed by atoms with Crippen LogP contribution in [-0.2, 0) is 14.4 Å². The molecule has 0 aromatic heterocycles. The molecule has 0 aliphatic rings. The summed E-state index contributed by atoms with van der Waals surface area (Å²) in [5.74, 6) is 1.42. The molecule has 1 unspecified atom stereocenters. The number of hydrogen-bond acceptors (Lipinski definition) is 4. The molecule has 0 aromatic carbocycles. The lowest BCUT2D eigenvalue weighted by Crippen LogP contribution is -2.47. The third-order valence-corrected chi connectivity index (χ3v) is 3.98. The van der Waals surface area contributed by atoms with E-state index in [9.17, 15) is 14.4 Å². The van der Waals surface area contributed by atoms with Gasteiger partial charge in [-0.1, -0.05) is 19.8 Å². The standard InChI is InChI=1S/C13H20N2O4S/c1-4-13(5-2,6-3)15-11(17)8-20-7-10(12(18)19)14-9-16/h1,9-10H,5-8H2,2-3H3,(H,14,16)(H,15,17)(H,18,19). The molecule has 2 amide bonds. The van der Waals surface area contributed by atoms with Crippen LogP contribution in [0.3, 0.4) is 0 Å². The van der Waals surface area contributed by atoms with Gasteiger partial charge in [0.1, 0.15) is 11.6 Å². The van der Waals surface area contributed by atoms with Gasteiger partial charge in [-0.3, -0.25) is 9.59 Å². The summed E-state index contributed by atoms with van der Waals surface area (Å²) in [6.07, 6.45) is 7.02. The molecule has 0 rings (SSSR count). The van der Waals surface area contributed by atoms with Crippen LogP contribution in [0, 0.1) is 12.3 Å². The van der Waals surface area contributed by atoms with E-state index in [2.05, 4.69) is 16.6 Å². The van der Waals surface area contributed by atoms with Crippen LogP contribution in [0.25, 0.3) is 0 Å². The van der Waals surface area contributed by atoms with Crippen molar-refractivity contribution >= 4 is 30.0 Å². The van der Waals surface area contributed by atoms with Gasteiger partial charge in [0.05, 0.1) is 5.75 Å². The van der Waals surface area contributed by atoms with E-state index in [1.165, 1.54) is 0 Å². The van der Waals surface area contributed by atoms with Crippen LogP contribution in [0.15, 0.2) is 0 Å². The molecule has 0 radical (unpaired) electrons. The highest BCUT2D eigenvalue weighted by Gasteiger charge is 2.25. The molecule has 0 saturated carbocycles. The molecule has 0 spiro atoms. The zero-order chi connectivity index (χ0) is 15.6. The maximum Gasteiger partial charge on any atom is 0.327 e. The number of hydrogen-bond donors (Lipinski definition) is 3. The van der Waals surface area contributed by atoms with Gasteiger partial charge in [0.15, 0.2) is 0 Å². The van der Waals surface area contributed by atoms with Crippen LogP contribution in [0.4, 0.5) is 0 Å². The number of carbonyl (C=O) groups is 3. The van der Waals surface area contributed by atoms with Crippen molar-refractivity contribution in [1.29, 1.82) is 0 Å². The van der Waals surface area contributed by atoms with Gasteiger partial charge in [-0.25, -0.2) is 4.79 Å². The lowest BCUT2D eigenvalue weighted by Gasteiger charge is -2.27. The van der Waals surface area contributed by atoms with Gasteiger partial charge in [0, 0.05) is 5.75 Å². The monoisotopic (exact) mass is 300 g/mol. The Kier molecular flexibility index (Phi) is 8.48. The minimum Gasteiger partial charge on any atom is -0.480 e. The van der Waals surface area contributed by atoms with E-state index in [-0.39, 0.29) is 17.4 Å². The van der Waals surface area contributed by atoms with Crippen molar-refractivity contribution in [1.82, 2.24) is 10.6 Å². The van der Waals surface area contributed by atoms with Gasteiger partial charge in [-0.15, -0.1) is 18.2 Å². The normalized spacial score (nSPS) is 12.1. The number of amides is 2. The van der Waals surface area contributed by atoms with E-state index in [1.54, 1.807) is 0 Å². The Morgan fingerprint density at radius 3 is 2.45 bits per heavy atom. The first-order chi connectivity index (χ1) is 9.44. The Morgan fingerprint density at radius 1 is 1.45 bits per heavy atom. The quantitative estimate of drug-likeness (QED) is 0.396. The molecule has 20 heavy (non-hydrogen) atoms. The fourth-order valence-corrected chi connectivity index (χ4v) is 2.36. The summed E-state index contributed by atoms with van der Waals surface area (Å²) in [5.41, 5.74) is -0.648. The number of carboxylic acids is 1. The molecular weight excluding hydrogens is 280 g/mol. The smallest absolute Gasteiger partial charge is 0.327 e. The highest BCUT2D eigenvalue weighted by Crippen LogP contribution is 2.14. The van der Waals surface area contributed by atoms with Crippen molar-refractivity contribution < 1.29 is 19.5 Å². The molecule has 6 nitrogen and oxygen atoms in total. The topological polar surface area (TPSA) is 95.5 Å². The molecule has 0 aliphatic carbocycles. The minimum absolute atomic E-state index is 0.0910. The average molecular weight is 300 g/mol. The van der Waals surface area contributed by atoms with Crippen LogP contribution in [0.5, 0.6) is 0 Å². The van der Waals surface area contributed by atoms with E-state index in [0.29, 0.717) is 19.3 Å². The van der Waals surface area contributed by atoms with Crippen molar-refractivity contribution in [3.63, 3.8) is 0 Å². The summed E-state index contributed by atoms with van der Waals surface area (Å²) in [6, 6.07) is -1.000. The number of terminal acetylenes is 1. The van der Waals surface area contributed by atoms with Crippen LogP contribution in [-0.4, -0.2) is 46.5 Å². The molecule has 0 heterocycles. The molecule has 3 N–H and O–H groups in total. The first-order valence-corrected chi connectivity index (χ1v) is 7.39. The predicted octanol–water partition coefficient (Wildman–Crippen LogP) is 0.227. The fourth-order valence-electron chi connectivity index (χ4n) is 1.51. The molecule has 1 atom stereocenters. The van der Waals surface area contributed by atoms with Crippen molar-refractivity contribution in [2.75, 3.05) is 11.5 Å². The van der Waals surface area contributed by atoms with Crippen molar-refractivity contribution in [2.45, 2.75) is 38.3 Å². The Morgan fingerprint density at radius 2 is 2.05 bits per heavy atom. The van der Waals surface area contributed by atoms with Crippen molar-refractivity contribution in [3.8, 4) is 12.3 Å². The third kappa shape index (κ3) is 5.97. The number of rotatable bonds is 10. The lowest BCUT2D eigenvalue weighted by atomic mass is 9.94. The van der Waals surface area contributed by atoms with Crippen molar-refractivity contribution in [3.05, 3.63) is 0 Å². The second-order valence-corrected chi connectivity index (χ2v) is 5.20. The zero-order valence-corrected chi connectivity index (χ0v) is 12.5. The maximum absolute atomic E-state index is 11.8. The lowest BCUT2D eigenvalue weighted by molar-refractivity contribution is -0.139. The van der Waals surface area contributed by atoms with Gasteiger partial charge in [-0.05, 0) is 12.8 Å². The van der Waals surface area contributed by atoms with Gasteiger partial charge in [-0.2, -0.15) is 0 Å². The van der Waals surface area contributed by atoms with Crippen LogP contribution in [0.1, 0.15) is 26.7 Å². The van der Waals surface area contributed by atoms with E-state index in [4.69, 9.17) is 11.5 Å². The van der Waals surface area contributed by atoms with E-state index < -0.39 is 17.6 Å². The first kappa shape index (κ1) is 18.3. The van der Waals surface area contributed by atoms with Crippen molar-refractivity contribution in [2.24, 2.45) is 0 Å². The molecule has 0 bridgehead atoms. The Hall–Kier alpha value is -1.68. The first-order valence-electron chi connectivity index (χ1n) is 6.23. The predicted molar refractivity (Wildman–Crippen MR) is 78.2 cm³/mol. The number of aliphatic carboxylic acids is 1. The average Bonchev–Trinajstić information content (AvgIpc) is 2.44. The summed E-state index contributed by atoms with van der Waals surface area (Å²) in [4.78, 5) is 32.8. The number of thioether (sulfide) groups is 1. The van der Waals surface area contributed by atoms with Gasteiger partial charge < -0.3 is 15.7 Å². The number of carbonyl (C=O) groups excluding carboxylic acids is 2. The maximum atomic E-state index is 11.8. The second kappa shape index (κ2) is 9.26. The minimum atomic E-state index is -1.13. The third-order valence-electron chi connectivity index (χ3n) is 2.95. The molecular formula is C13H20N2O4S. The van der Waals surface area contributed by atoms with Crippen LogP contribution in [0.2, 0.25) is 0 Å². The summed E-state index contributed by atoms with van der Waals surface area (Å²) >= 11 is 1.13. The molecule has 0 fully saturated rings. The van der Waals surface area contributed by atoms with E-state index in [1.807, 2.05) is 13.8 Å². The second-order valence-electron chi connectivity index (χ2n) is 4.17. The Labute approximate surface area is 123 Å². The summed E-state index contributed by atoms with van der Waals surface area (Å²) in [6.45, 7) is 3.79. The van der Waals surface area contributed by atoms with Gasteiger partial charge in [0.25, 0.3) is 0 Å².